The van der Waals surface area contributed by atoms with Crippen LogP contribution in [0.4, 0.5) is 11.8 Å². The molecule has 4 aromatic rings. The summed E-state index contributed by atoms with van der Waals surface area (Å²) in [6.45, 7) is 4.41. The highest BCUT2D eigenvalue weighted by atomic mass is 15.5. The lowest BCUT2D eigenvalue weighted by atomic mass is 10.1. The maximum Gasteiger partial charge on any atom is 0.228 e. The molecule has 4 heterocycles. The van der Waals surface area contributed by atoms with Gasteiger partial charge >= 0.3 is 0 Å². The molecule has 9 heteroatoms. The molecule has 0 unspecified atom stereocenters. The van der Waals surface area contributed by atoms with E-state index in [1.807, 2.05) is 28.8 Å². The Morgan fingerprint density at radius 1 is 1.22 bits per heavy atom. The molecule has 0 aliphatic heterocycles. The number of rotatable bonds is 6. The summed E-state index contributed by atoms with van der Waals surface area (Å²) < 4.78 is 2.04. The summed E-state index contributed by atoms with van der Waals surface area (Å²) in [6.07, 6.45) is 7.37. The van der Waals surface area contributed by atoms with Crippen LogP contribution >= 0.6 is 0 Å². The van der Waals surface area contributed by atoms with Crippen molar-refractivity contribution in [1.29, 1.82) is 0 Å². The molecule has 0 saturated carbocycles. The van der Waals surface area contributed by atoms with E-state index in [-0.39, 0.29) is 0 Å². The van der Waals surface area contributed by atoms with Crippen LogP contribution in [0.3, 0.4) is 0 Å². The van der Waals surface area contributed by atoms with Crippen LogP contribution in [0.5, 0.6) is 0 Å². The molecule has 0 bridgehead atoms. The highest BCUT2D eigenvalue weighted by molar-refractivity contribution is 5.65. The smallest absolute Gasteiger partial charge is 0.228 e. The first-order chi connectivity index (χ1) is 13.1. The largest absolute Gasteiger partial charge is 0.306 e. The van der Waals surface area contributed by atoms with E-state index in [1.165, 1.54) is 4.80 Å². The van der Waals surface area contributed by atoms with Gasteiger partial charge in [0.2, 0.25) is 5.95 Å². The lowest BCUT2D eigenvalue weighted by Gasteiger charge is -2.07. The van der Waals surface area contributed by atoms with Gasteiger partial charge in [0.1, 0.15) is 5.82 Å². The minimum absolute atomic E-state index is 0.465. The molecule has 0 amide bonds. The Balaban J connectivity index is 1.61. The Labute approximate surface area is 156 Å². The number of aryl methyl sites for hydroxylation is 1. The normalized spacial score (nSPS) is 12.4. The van der Waals surface area contributed by atoms with Crippen molar-refractivity contribution < 1.29 is 0 Å². The van der Waals surface area contributed by atoms with Crippen molar-refractivity contribution in [3.63, 3.8) is 0 Å². The van der Waals surface area contributed by atoms with Gasteiger partial charge in [-0.1, -0.05) is 20.3 Å². The molecule has 0 saturated heterocycles. The lowest BCUT2D eigenvalue weighted by molar-refractivity contribution is 0.540. The second-order valence-corrected chi connectivity index (χ2v) is 6.59. The number of hydrogen-bond acceptors (Lipinski definition) is 7. The van der Waals surface area contributed by atoms with E-state index in [2.05, 4.69) is 49.5 Å². The van der Waals surface area contributed by atoms with Gasteiger partial charge in [-0.15, -0.1) is 15.3 Å². The standard InChI is InChI=1S/C18H21N9/c1-4-12(2)9-16-23-24-17-10-13(6-8-27(16)17)14-5-7-19-18(21-14)22-15-11-20-26(3)25-15/h5-8,10-12H,4,9H2,1-3H3,(H,19,21,22,25)/t12-/m0/s1. The van der Waals surface area contributed by atoms with E-state index < -0.39 is 0 Å². The van der Waals surface area contributed by atoms with Crippen LogP contribution in [0, 0.1) is 5.92 Å². The molecule has 0 fully saturated rings. The predicted molar refractivity (Wildman–Crippen MR) is 101 cm³/mol. The third-order valence-electron chi connectivity index (χ3n) is 4.50. The van der Waals surface area contributed by atoms with E-state index in [0.29, 0.717) is 17.7 Å². The average molecular weight is 363 g/mol. The van der Waals surface area contributed by atoms with Crippen LogP contribution < -0.4 is 5.32 Å². The predicted octanol–water partition coefficient (Wildman–Crippen LogP) is 2.65. The fourth-order valence-corrected chi connectivity index (χ4v) is 2.79. The molecule has 4 aromatic heterocycles. The number of aromatic nitrogens is 8. The van der Waals surface area contributed by atoms with Crippen molar-refractivity contribution in [2.45, 2.75) is 26.7 Å². The third kappa shape index (κ3) is 3.62. The van der Waals surface area contributed by atoms with Gasteiger partial charge in [-0.05, 0) is 24.1 Å². The van der Waals surface area contributed by atoms with Gasteiger partial charge in [0.15, 0.2) is 11.5 Å². The molecule has 9 nitrogen and oxygen atoms in total. The topological polar surface area (TPSA) is 98.7 Å². The molecule has 0 aliphatic rings. The molecule has 138 valence electrons. The first-order valence-electron chi connectivity index (χ1n) is 8.93. The maximum absolute atomic E-state index is 4.57. The number of anilines is 2. The molecular formula is C18H21N9. The fourth-order valence-electron chi connectivity index (χ4n) is 2.79. The van der Waals surface area contributed by atoms with E-state index in [4.69, 9.17) is 0 Å². The van der Waals surface area contributed by atoms with Crippen molar-refractivity contribution in [2.24, 2.45) is 13.0 Å². The summed E-state index contributed by atoms with van der Waals surface area (Å²) in [5, 5.41) is 19.9. The summed E-state index contributed by atoms with van der Waals surface area (Å²) >= 11 is 0. The van der Waals surface area contributed by atoms with Crippen molar-refractivity contribution in [2.75, 3.05) is 5.32 Å². The molecule has 1 atom stereocenters. The van der Waals surface area contributed by atoms with Crippen molar-refractivity contribution in [3.05, 3.63) is 42.6 Å². The number of nitrogens with zero attached hydrogens (tertiary/aromatic N) is 8. The molecule has 0 aromatic carbocycles. The first kappa shape index (κ1) is 17.1. The van der Waals surface area contributed by atoms with E-state index >= 15 is 0 Å². The van der Waals surface area contributed by atoms with Gasteiger partial charge in [0.05, 0.1) is 11.9 Å². The number of hydrogen-bond donors (Lipinski definition) is 1. The van der Waals surface area contributed by atoms with E-state index in [9.17, 15) is 0 Å². The molecule has 0 spiro atoms. The van der Waals surface area contributed by atoms with Gasteiger partial charge in [0, 0.05) is 31.4 Å². The minimum Gasteiger partial charge on any atom is -0.306 e. The Kier molecular flexibility index (Phi) is 4.49. The first-order valence-corrected chi connectivity index (χ1v) is 8.93. The molecule has 1 N–H and O–H groups in total. The number of fused-ring (bicyclic) bond motifs is 1. The highest BCUT2D eigenvalue weighted by Gasteiger charge is 2.11. The minimum atomic E-state index is 0.465. The zero-order chi connectivity index (χ0) is 18.8. The Morgan fingerprint density at radius 2 is 2.11 bits per heavy atom. The molecular weight excluding hydrogens is 342 g/mol. The monoisotopic (exact) mass is 363 g/mol. The van der Waals surface area contributed by atoms with Crippen molar-refractivity contribution in [3.8, 4) is 11.3 Å². The zero-order valence-electron chi connectivity index (χ0n) is 15.5. The van der Waals surface area contributed by atoms with Crippen molar-refractivity contribution in [1.82, 2.24) is 39.6 Å². The van der Waals surface area contributed by atoms with Crippen LogP contribution in [0.25, 0.3) is 16.9 Å². The van der Waals surface area contributed by atoms with Gasteiger partial charge < -0.3 is 5.32 Å². The van der Waals surface area contributed by atoms with Crippen LogP contribution in [0.2, 0.25) is 0 Å². The second kappa shape index (κ2) is 7.10. The fraction of sp³-hybridized carbons (Fsp3) is 0.333. The summed E-state index contributed by atoms with van der Waals surface area (Å²) in [4.78, 5) is 10.3. The van der Waals surface area contributed by atoms with Gasteiger partial charge in [-0.2, -0.15) is 9.90 Å². The molecule has 0 radical (unpaired) electrons. The van der Waals surface area contributed by atoms with Crippen LogP contribution in [0.1, 0.15) is 26.1 Å². The van der Waals surface area contributed by atoms with Crippen LogP contribution in [0.15, 0.2) is 36.8 Å². The SMILES string of the molecule is CC[C@H](C)Cc1nnc2cc(-c3ccnc(Nc4cnn(C)n4)n3)ccn12. The quantitative estimate of drug-likeness (QED) is 0.562. The second-order valence-electron chi connectivity index (χ2n) is 6.59. The number of pyridine rings is 1. The number of nitrogens with one attached hydrogen (secondary N) is 1. The van der Waals surface area contributed by atoms with Crippen molar-refractivity contribution >= 4 is 17.4 Å². The van der Waals surface area contributed by atoms with Gasteiger partial charge in [-0.3, -0.25) is 4.40 Å². The van der Waals surface area contributed by atoms with E-state index in [1.54, 1.807) is 19.4 Å². The highest BCUT2D eigenvalue weighted by Crippen LogP contribution is 2.21. The van der Waals surface area contributed by atoms with Crippen LogP contribution in [-0.4, -0.2) is 39.6 Å². The lowest BCUT2D eigenvalue weighted by Crippen LogP contribution is -2.03. The summed E-state index contributed by atoms with van der Waals surface area (Å²) in [6, 6.07) is 5.87. The Hall–Kier alpha value is -3.36. The Morgan fingerprint density at radius 3 is 2.89 bits per heavy atom. The molecule has 4 rings (SSSR count). The maximum atomic E-state index is 4.57. The summed E-state index contributed by atoms with van der Waals surface area (Å²) in [5.74, 6) is 2.62. The summed E-state index contributed by atoms with van der Waals surface area (Å²) in [5.41, 5.74) is 2.56. The average Bonchev–Trinajstić information content (AvgIpc) is 3.27. The third-order valence-corrected chi connectivity index (χ3v) is 4.50. The Bertz CT molecular complexity index is 1070. The van der Waals surface area contributed by atoms with E-state index in [0.717, 1.165) is 35.6 Å². The molecule has 0 aliphatic carbocycles. The van der Waals surface area contributed by atoms with Gasteiger partial charge in [0.25, 0.3) is 0 Å². The zero-order valence-corrected chi connectivity index (χ0v) is 15.5. The van der Waals surface area contributed by atoms with Gasteiger partial charge in [-0.25, -0.2) is 9.97 Å². The molecule has 27 heavy (non-hydrogen) atoms. The van der Waals surface area contributed by atoms with Crippen LogP contribution in [-0.2, 0) is 13.5 Å². The summed E-state index contributed by atoms with van der Waals surface area (Å²) in [7, 11) is 1.76.